The van der Waals surface area contributed by atoms with Crippen LogP contribution in [0.15, 0.2) is 4.47 Å². The Morgan fingerprint density at radius 2 is 1.65 bits per heavy atom. The number of hydrogen-bond donors (Lipinski definition) is 0. The highest BCUT2D eigenvalue weighted by Crippen LogP contribution is 2.24. The van der Waals surface area contributed by atoms with Crippen molar-refractivity contribution in [1.82, 2.24) is 14.7 Å². The summed E-state index contributed by atoms with van der Waals surface area (Å²) in [6, 6.07) is 0. The molecule has 116 valence electrons. The van der Waals surface area contributed by atoms with Crippen LogP contribution < -0.4 is 0 Å². The van der Waals surface area contributed by atoms with Crippen molar-refractivity contribution in [1.29, 1.82) is 0 Å². The van der Waals surface area contributed by atoms with Crippen LogP contribution in [0.25, 0.3) is 0 Å². The maximum atomic E-state index is 4.70. The molecule has 1 heterocycles. The van der Waals surface area contributed by atoms with Gasteiger partial charge in [-0.2, -0.15) is 5.10 Å². The van der Waals surface area contributed by atoms with Crippen LogP contribution in [0.3, 0.4) is 0 Å². The minimum atomic E-state index is 0.691. The van der Waals surface area contributed by atoms with Crippen LogP contribution in [0.5, 0.6) is 0 Å². The third-order valence-corrected chi connectivity index (χ3v) is 4.23. The average Bonchev–Trinajstić information content (AvgIpc) is 2.64. The van der Waals surface area contributed by atoms with Crippen LogP contribution in [0.4, 0.5) is 0 Å². The van der Waals surface area contributed by atoms with Crippen molar-refractivity contribution in [2.24, 2.45) is 11.8 Å². The van der Waals surface area contributed by atoms with Crippen LogP contribution in [-0.2, 0) is 19.5 Å². The molecule has 0 aliphatic rings. The van der Waals surface area contributed by atoms with E-state index in [1.807, 2.05) is 0 Å². The summed E-state index contributed by atoms with van der Waals surface area (Å²) in [6.07, 6.45) is 0.981. The summed E-state index contributed by atoms with van der Waals surface area (Å²) in [4.78, 5) is 2.56. The normalized spacial score (nSPS) is 12.1. The number of hydrogen-bond acceptors (Lipinski definition) is 2. The van der Waals surface area contributed by atoms with Crippen LogP contribution in [0.1, 0.15) is 52.9 Å². The molecule has 0 saturated heterocycles. The van der Waals surface area contributed by atoms with Gasteiger partial charge in [-0.3, -0.25) is 9.58 Å². The fourth-order valence-electron chi connectivity index (χ4n) is 2.62. The Hall–Kier alpha value is -0.350. The van der Waals surface area contributed by atoms with E-state index in [9.17, 15) is 0 Å². The molecule has 0 N–H and O–H groups in total. The van der Waals surface area contributed by atoms with E-state index < -0.39 is 0 Å². The second-order valence-corrected chi connectivity index (χ2v) is 7.15. The van der Waals surface area contributed by atoms with Gasteiger partial charge in [0.15, 0.2) is 0 Å². The lowest BCUT2D eigenvalue weighted by Crippen LogP contribution is -2.32. The van der Waals surface area contributed by atoms with Gasteiger partial charge in [0.2, 0.25) is 0 Å². The summed E-state index contributed by atoms with van der Waals surface area (Å²) in [7, 11) is 0. The Bertz CT molecular complexity index is 400. The van der Waals surface area contributed by atoms with E-state index >= 15 is 0 Å². The van der Waals surface area contributed by atoms with E-state index in [1.165, 1.54) is 15.9 Å². The first-order valence-electron chi connectivity index (χ1n) is 7.85. The van der Waals surface area contributed by atoms with Gasteiger partial charge in [-0.25, -0.2) is 0 Å². The highest BCUT2D eigenvalue weighted by Gasteiger charge is 2.18. The summed E-state index contributed by atoms with van der Waals surface area (Å²) in [5.41, 5.74) is 2.50. The molecule has 1 aromatic rings. The number of nitrogens with zero attached hydrogens (tertiary/aromatic N) is 3. The Labute approximate surface area is 132 Å². The van der Waals surface area contributed by atoms with Gasteiger partial charge in [-0.15, -0.1) is 0 Å². The first-order valence-corrected chi connectivity index (χ1v) is 8.64. The van der Waals surface area contributed by atoms with Crippen molar-refractivity contribution in [3.05, 3.63) is 15.9 Å². The molecular formula is C16H30BrN3. The maximum absolute atomic E-state index is 4.70. The van der Waals surface area contributed by atoms with Gasteiger partial charge in [-0.05, 0) is 41.1 Å². The lowest BCUT2D eigenvalue weighted by atomic mass is 10.1. The lowest BCUT2D eigenvalue weighted by molar-refractivity contribution is 0.205. The van der Waals surface area contributed by atoms with Crippen LogP contribution in [-0.4, -0.2) is 27.8 Å². The quantitative estimate of drug-likeness (QED) is 0.699. The molecule has 0 unspecified atom stereocenters. The molecule has 1 aromatic heterocycles. The highest BCUT2D eigenvalue weighted by atomic mass is 79.9. The molecule has 1 rings (SSSR count). The van der Waals surface area contributed by atoms with Crippen molar-refractivity contribution in [3.8, 4) is 0 Å². The summed E-state index contributed by atoms with van der Waals surface area (Å²) in [6.45, 7) is 17.7. The highest BCUT2D eigenvalue weighted by molar-refractivity contribution is 9.10. The summed E-state index contributed by atoms with van der Waals surface area (Å²) in [5.74, 6) is 1.38. The molecule has 0 aliphatic heterocycles. The van der Waals surface area contributed by atoms with Crippen molar-refractivity contribution in [3.63, 3.8) is 0 Å². The fourth-order valence-corrected chi connectivity index (χ4v) is 3.31. The standard InChI is InChI=1S/C16H30BrN3/c1-7-14-16(17)15(20(8-2)18-14)11-19(9-12(3)4)10-13(5)6/h12-13H,7-11H2,1-6H3. The fraction of sp³-hybridized carbons (Fsp3) is 0.812. The summed E-state index contributed by atoms with van der Waals surface area (Å²) < 4.78 is 3.36. The molecule has 0 amide bonds. The number of aryl methyl sites for hydroxylation is 2. The number of aromatic nitrogens is 2. The zero-order valence-corrected chi connectivity index (χ0v) is 15.5. The van der Waals surface area contributed by atoms with Crippen molar-refractivity contribution in [2.45, 2.75) is 61.1 Å². The molecule has 0 spiro atoms. The predicted octanol–water partition coefficient (Wildman–Crippen LogP) is 4.34. The van der Waals surface area contributed by atoms with Crippen molar-refractivity contribution < 1.29 is 0 Å². The van der Waals surface area contributed by atoms with E-state index in [1.54, 1.807) is 0 Å². The van der Waals surface area contributed by atoms with Gasteiger partial charge >= 0.3 is 0 Å². The smallest absolute Gasteiger partial charge is 0.0767 e. The monoisotopic (exact) mass is 343 g/mol. The second kappa shape index (κ2) is 8.18. The Morgan fingerprint density at radius 1 is 1.10 bits per heavy atom. The van der Waals surface area contributed by atoms with E-state index in [0.29, 0.717) is 11.8 Å². The molecular weight excluding hydrogens is 314 g/mol. The average molecular weight is 344 g/mol. The molecule has 0 fully saturated rings. The first kappa shape index (κ1) is 17.7. The second-order valence-electron chi connectivity index (χ2n) is 6.36. The third kappa shape index (κ3) is 4.88. The lowest BCUT2D eigenvalue weighted by Gasteiger charge is -2.26. The van der Waals surface area contributed by atoms with Crippen LogP contribution in [0, 0.1) is 11.8 Å². The van der Waals surface area contributed by atoms with Gasteiger partial charge < -0.3 is 0 Å². The largest absolute Gasteiger partial charge is 0.297 e. The molecule has 0 aromatic carbocycles. The molecule has 4 heteroatoms. The molecule has 20 heavy (non-hydrogen) atoms. The topological polar surface area (TPSA) is 21.1 Å². The number of halogens is 1. The summed E-state index contributed by atoms with van der Waals surface area (Å²) in [5, 5.41) is 4.70. The molecule has 0 aliphatic carbocycles. The van der Waals surface area contributed by atoms with E-state index in [2.05, 4.69) is 67.1 Å². The van der Waals surface area contributed by atoms with E-state index in [4.69, 9.17) is 5.10 Å². The molecule has 0 bridgehead atoms. The minimum absolute atomic E-state index is 0.691. The van der Waals surface area contributed by atoms with Gasteiger partial charge in [0.05, 0.1) is 15.9 Å². The predicted molar refractivity (Wildman–Crippen MR) is 89.9 cm³/mol. The zero-order chi connectivity index (χ0) is 15.3. The van der Waals surface area contributed by atoms with Crippen molar-refractivity contribution in [2.75, 3.05) is 13.1 Å². The van der Waals surface area contributed by atoms with Crippen molar-refractivity contribution >= 4 is 15.9 Å². The van der Waals surface area contributed by atoms with Crippen LogP contribution in [0.2, 0.25) is 0 Å². The Balaban J connectivity index is 2.94. The third-order valence-electron chi connectivity index (χ3n) is 3.31. The van der Waals surface area contributed by atoms with E-state index in [-0.39, 0.29) is 0 Å². The molecule has 0 atom stereocenters. The Kier molecular flexibility index (Phi) is 7.24. The summed E-state index contributed by atoms with van der Waals surface area (Å²) >= 11 is 3.75. The SMILES string of the molecule is CCc1nn(CC)c(CN(CC(C)C)CC(C)C)c1Br. The van der Waals surface area contributed by atoms with Gasteiger partial charge in [0, 0.05) is 26.2 Å². The number of rotatable bonds is 8. The maximum Gasteiger partial charge on any atom is 0.0767 e. The molecule has 3 nitrogen and oxygen atoms in total. The Morgan fingerprint density at radius 3 is 2.05 bits per heavy atom. The van der Waals surface area contributed by atoms with Gasteiger partial charge in [-0.1, -0.05) is 34.6 Å². The molecule has 0 radical (unpaired) electrons. The van der Waals surface area contributed by atoms with Crippen LogP contribution >= 0.6 is 15.9 Å². The van der Waals surface area contributed by atoms with Gasteiger partial charge in [0.1, 0.15) is 0 Å². The first-order chi connectivity index (χ1) is 9.38. The van der Waals surface area contributed by atoms with Gasteiger partial charge in [0.25, 0.3) is 0 Å². The minimum Gasteiger partial charge on any atom is -0.297 e. The molecule has 0 saturated carbocycles. The van der Waals surface area contributed by atoms with E-state index in [0.717, 1.165) is 32.6 Å². The zero-order valence-electron chi connectivity index (χ0n) is 13.9.